The highest BCUT2D eigenvalue weighted by molar-refractivity contribution is 6.04. The lowest BCUT2D eigenvalue weighted by Gasteiger charge is -2.19. The monoisotopic (exact) mass is 414 g/mol. The van der Waals surface area contributed by atoms with Crippen molar-refractivity contribution >= 4 is 28.9 Å². The fraction of sp³-hybridized carbons (Fsp3) is 0.269. The summed E-state index contributed by atoms with van der Waals surface area (Å²) >= 11 is 0. The number of ether oxygens (including phenoxy) is 1. The van der Waals surface area contributed by atoms with Gasteiger partial charge in [0.15, 0.2) is 0 Å². The number of hydrogen-bond acceptors (Lipinski definition) is 4. The van der Waals surface area contributed by atoms with E-state index in [9.17, 15) is 9.59 Å². The molecule has 0 atom stereocenters. The second-order valence-corrected chi connectivity index (χ2v) is 8.03. The number of aryl methyl sites for hydroxylation is 1. The molecule has 0 radical (unpaired) electrons. The number of benzene rings is 3. The highest BCUT2D eigenvalue weighted by Crippen LogP contribution is 2.28. The molecule has 1 N–H and O–H groups in total. The molecule has 0 unspecified atom stereocenters. The molecule has 4 rings (SSSR count). The molecule has 1 amide bonds. The van der Waals surface area contributed by atoms with Gasteiger partial charge in [-0.25, -0.2) is 10.2 Å². The van der Waals surface area contributed by atoms with Crippen molar-refractivity contribution in [2.45, 2.75) is 39.0 Å². The van der Waals surface area contributed by atoms with Gasteiger partial charge in [0.25, 0.3) is 0 Å². The zero-order valence-electron chi connectivity index (χ0n) is 17.6. The molecule has 3 aromatic carbocycles. The minimum atomic E-state index is -0.431. The quantitative estimate of drug-likeness (QED) is 0.263. The Morgan fingerprint density at radius 1 is 1.00 bits per heavy atom. The van der Waals surface area contributed by atoms with Crippen LogP contribution in [0.5, 0.6) is 5.75 Å². The Kier molecular flexibility index (Phi) is 6.41. The van der Waals surface area contributed by atoms with Crippen molar-refractivity contribution < 1.29 is 14.3 Å². The zero-order valence-corrected chi connectivity index (χ0v) is 17.6. The SMILES string of the molecule is Cc1cccc(C(=O)Oc2ccc3ccccc3c2/C=N\NC(=O)C2CCCCC2)c1. The van der Waals surface area contributed by atoms with Crippen molar-refractivity contribution in [2.24, 2.45) is 11.0 Å². The summed E-state index contributed by atoms with van der Waals surface area (Å²) in [5.41, 5.74) is 4.80. The van der Waals surface area contributed by atoms with Crippen molar-refractivity contribution in [3.63, 3.8) is 0 Å². The molecule has 1 saturated carbocycles. The Bertz CT molecular complexity index is 1130. The molecule has 5 heteroatoms. The first-order chi connectivity index (χ1) is 15.1. The maximum absolute atomic E-state index is 12.7. The second kappa shape index (κ2) is 9.56. The van der Waals surface area contributed by atoms with Crippen LogP contribution in [-0.2, 0) is 4.79 Å². The largest absolute Gasteiger partial charge is 0.422 e. The lowest BCUT2D eigenvalue weighted by atomic mass is 9.89. The van der Waals surface area contributed by atoms with Gasteiger partial charge in [0.2, 0.25) is 5.91 Å². The topological polar surface area (TPSA) is 67.8 Å². The van der Waals surface area contributed by atoms with Gasteiger partial charge >= 0.3 is 5.97 Å². The van der Waals surface area contributed by atoms with E-state index in [0.29, 0.717) is 16.9 Å². The molecule has 31 heavy (non-hydrogen) atoms. The molecule has 0 saturated heterocycles. The van der Waals surface area contributed by atoms with E-state index < -0.39 is 5.97 Å². The number of hydrazone groups is 1. The predicted octanol–water partition coefficient (Wildman–Crippen LogP) is 5.40. The van der Waals surface area contributed by atoms with Crippen molar-refractivity contribution in [1.29, 1.82) is 0 Å². The average Bonchev–Trinajstić information content (AvgIpc) is 2.80. The Balaban J connectivity index is 1.59. The van der Waals surface area contributed by atoms with Crippen molar-refractivity contribution in [3.8, 4) is 5.75 Å². The van der Waals surface area contributed by atoms with Crippen LogP contribution in [0.3, 0.4) is 0 Å². The van der Waals surface area contributed by atoms with E-state index in [1.165, 1.54) is 6.42 Å². The first-order valence-corrected chi connectivity index (χ1v) is 10.8. The van der Waals surface area contributed by atoms with Crippen LogP contribution in [0.4, 0.5) is 0 Å². The lowest BCUT2D eigenvalue weighted by molar-refractivity contribution is -0.125. The van der Waals surface area contributed by atoms with Gasteiger partial charge in [0.05, 0.1) is 11.8 Å². The normalized spacial score (nSPS) is 14.6. The Morgan fingerprint density at radius 2 is 1.81 bits per heavy atom. The third-order valence-corrected chi connectivity index (χ3v) is 5.73. The molecule has 0 heterocycles. The van der Waals surface area contributed by atoms with Gasteiger partial charge in [-0.05, 0) is 48.7 Å². The smallest absolute Gasteiger partial charge is 0.343 e. The Hall–Kier alpha value is -3.47. The van der Waals surface area contributed by atoms with Crippen LogP contribution >= 0.6 is 0 Å². The maximum Gasteiger partial charge on any atom is 0.343 e. The molecule has 0 aliphatic heterocycles. The van der Waals surface area contributed by atoms with Gasteiger partial charge in [0, 0.05) is 11.5 Å². The van der Waals surface area contributed by atoms with Gasteiger partial charge in [0.1, 0.15) is 5.75 Å². The first kappa shape index (κ1) is 20.8. The maximum atomic E-state index is 12.7. The third-order valence-electron chi connectivity index (χ3n) is 5.73. The molecular weight excluding hydrogens is 388 g/mol. The third kappa shape index (κ3) is 5.00. The summed E-state index contributed by atoms with van der Waals surface area (Å²) in [4.78, 5) is 25.1. The van der Waals surface area contributed by atoms with Crippen LogP contribution in [0.15, 0.2) is 65.8 Å². The molecule has 1 fully saturated rings. The minimum absolute atomic E-state index is 0.0250. The zero-order chi connectivity index (χ0) is 21.6. The average molecular weight is 415 g/mol. The molecule has 0 spiro atoms. The van der Waals surface area contributed by atoms with Crippen LogP contribution in [0, 0.1) is 12.8 Å². The van der Waals surface area contributed by atoms with Gasteiger partial charge in [-0.2, -0.15) is 5.10 Å². The number of fused-ring (bicyclic) bond motifs is 1. The number of nitrogens with zero attached hydrogens (tertiary/aromatic N) is 1. The summed E-state index contributed by atoms with van der Waals surface area (Å²) < 4.78 is 5.73. The van der Waals surface area contributed by atoms with Gasteiger partial charge in [-0.3, -0.25) is 4.79 Å². The number of rotatable bonds is 5. The highest BCUT2D eigenvalue weighted by Gasteiger charge is 2.20. The summed E-state index contributed by atoms with van der Waals surface area (Å²) in [6.07, 6.45) is 6.76. The summed E-state index contributed by atoms with van der Waals surface area (Å²) in [7, 11) is 0. The molecule has 1 aliphatic rings. The van der Waals surface area contributed by atoms with E-state index >= 15 is 0 Å². The summed E-state index contributed by atoms with van der Waals surface area (Å²) in [6.45, 7) is 1.93. The van der Waals surface area contributed by atoms with E-state index in [4.69, 9.17) is 4.74 Å². The second-order valence-electron chi connectivity index (χ2n) is 8.03. The van der Waals surface area contributed by atoms with Gasteiger partial charge in [-0.1, -0.05) is 67.3 Å². The van der Waals surface area contributed by atoms with Crippen LogP contribution < -0.4 is 10.2 Å². The minimum Gasteiger partial charge on any atom is -0.422 e. The Morgan fingerprint density at radius 3 is 2.61 bits per heavy atom. The molecule has 5 nitrogen and oxygen atoms in total. The van der Waals surface area contributed by atoms with E-state index in [-0.39, 0.29) is 11.8 Å². The molecule has 1 aliphatic carbocycles. The molecule has 0 aromatic heterocycles. The number of hydrogen-bond donors (Lipinski definition) is 1. The van der Waals surface area contributed by atoms with Gasteiger partial charge in [-0.15, -0.1) is 0 Å². The molecular formula is C26H26N2O3. The van der Waals surface area contributed by atoms with Crippen LogP contribution in [0.1, 0.15) is 53.6 Å². The van der Waals surface area contributed by atoms with Gasteiger partial charge < -0.3 is 4.74 Å². The number of nitrogens with one attached hydrogen (secondary N) is 1. The molecule has 0 bridgehead atoms. The summed E-state index contributed by atoms with van der Waals surface area (Å²) in [5, 5.41) is 6.10. The first-order valence-electron chi connectivity index (χ1n) is 10.8. The van der Waals surface area contributed by atoms with Crippen molar-refractivity contribution in [1.82, 2.24) is 5.43 Å². The van der Waals surface area contributed by atoms with Crippen LogP contribution in [0.25, 0.3) is 10.8 Å². The van der Waals surface area contributed by atoms with E-state index in [1.54, 1.807) is 24.4 Å². The lowest BCUT2D eigenvalue weighted by Crippen LogP contribution is -2.28. The van der Waals surface area contributed by atoms with E-state index in [0.717, 1.165) is 42.0 Å². The van der Waals surface area contributed by atoms with Crippen molar-refractivity contribution in [3.05, 3.63) is 77.4 Å². The number of esters is 1. The molecule has 158 valence electrons. The van der Waals surface area contributed by atoms with Crippen LogP contribution in [-0.4, -0.2) is 18.1 Å². The number of carbonyl (C=O) groups is 2. The number of carbonyl (C=O) groups excluding carboxylic acids is 2. The van der Waals surface area contributed by atoms with Crippen LogP contribution in [0.2, 0.25) is 0 Å². The van der Waals surface area contributed by atoms with E-state index in [1.807, 2.05) is 49.4 Å². The summed E-state index contributed by atoms with van der Waals surface area (Å²) in [5.74, 6) is -0.0488. The van der Waals surface area contributed by atoms with E-state index in [2.05, 4.69) is 10.5 Å². The Labute approximate surface area is 182 Å². The molecule has 3 aromatic rings. The predicted molar refractivity (Wildman–Crippen MR) is 122 cm³/mol. The fourth-order valence-electron chi connectivity index (χ4n) is 4.05. The fourth-order valence-corrected chi connectivity index (χ4v) is 4.05. The highest BCUT2D eigenvalue weighted by atomic mass is 16.5. The summed E-state index contributed by atoms with van der Waals surface area (Å²) in [6, 6.07) is 18.8. The standard InChI is InChI=1S/C26H26N2O3/c1-18-8-7-12-21(16-18)26(30)31-24-15-14-19-9-5-6-13-22(19)23(24)17-27-28-25(29)20-10-3-2-4-11-20/h5-9,12-17,20H,2-4,10-11H2,1H3,(H,28,29)/b27-17-. The van der Waals surface area contributed by atoms with Crippen molar-refractivity contribution in [2.75, 3.05) is 0 Å². The number of amides is 1.